The first-order chi connectivity index (χ1) is 6.58. The maximum absolute atomic E-state index is 5.57. The summed E-state index contributed by atoms with van der Waals surface area (Å²) in [4.78, 5) is 0. The van der Waals surface area contributed by atoms with Crippen LogP contribution in [0.25, 0.3) is 0 Å². The Morgan fingerprint density at radius 2 is 2.36 bits per heavy atom. The second-order valence-electron chi connectivity index (χ2n) is 4.74. The van der Waals surface area contributed by atoms with Crippen LogP contribution in [-0.2, 0) is 4.74 Å². The summed E-state index contributed by atoms with van der Waals surface area (Å²) in [7, 11) is 0. The van der Waals surface area contributed by atoms with Gasteiger partial charge in [0.25, 0.3) is 0 Å². The molecule has 14 heavy (non-hydrogen) atoms. The Labute approximate surface area is 87.4 Å². The van der Waals surface area contributed by atoms with Gasteiger partial charge in [-0.1, -0.05) is 6.92 Å². The number of nitrogens with one attached hydrogen (secondary N) is 1. The lowest BCUT2D eigenvalue weighted by Gasteiger charge is -2.29. The van der Waals surface area contributed by atoms with Crippen molar-refractivity contribution in [3.63, 3.8) is 0 Å². The van der Waals surface area contributed by atoms with E-state index in [2.05, 4.69) is 26.1 Å². The summed E-state index contributed by atoms with van der Waals surface area (Å²) in [5, 5.41) is 3.59. The number of rotatable bonds is 5. The molecule has 0 amide bonds. The molecule has 0 spiro atoms. The van der Waals surface area contributed by atoms with Crippen molar-refractivity contribution >= 4 is 0 Å². The molecule has 3 nitrogen and oxygen atoms in total. The molecule has 0 aromatic rings. The van der Waals surface area contributed by atoms with E-state index in [-0.39, 0.29) is 5.54 Å². The van der Waals surface area contributed by atoms with Crippen molar-refractivity contribution in [3.8, 4) is 0 Å². The fourth-order valence-corrected chi connectivity index (χ4v) is 1.79. The topological polar surface area (TPSA) is 47.3 Å². The molecule has 1 fully saturated rings. The van der Waals surface area contributed by atoms with Gasteiger partial charge in [-0.2, -0.15) is 0 Å². The predicted molar refractivity (Wildman–Crippen MR) is 59.3 cm³/mol. The van der Waals surface area contributed by atoms with E-state index in [1.54, 1.807) is 0 Å². The quantitative estimate of drug-likeness (QED) is 0.699. The average Bonchev–Trinajstić information content (AvgIpc) is 2.47. The molecule has 3 heteroatoms. The molecule has 0 aromatic carbocycles. The minimum atomic E-state index is 0.175. The highest BCUT2D eigenvalue weighted by atomic mass is 16.5. The first-order valence-corrected chi connectivity index (χ1v) is 5.65. The highest BCUT2D eigenvalue weighted by Gasteiger charge is 2.36. The van der Waals surface area contributed by atoms with Crippen LogP contribution in [0.1, 0.15) is 33.6 Å². The van der Waals surface area contributed by atoms with Crippen LogP contribution in [0.3, 0.4) is 0 Å². The fourth-order valence-electron chi connectivity index (χ4n) is 1.79. The summed E-state index contributed by atoms with van der Waals surface area (Å²) >= 11 is 0. The van der Waals surface area contributed by atoms with Crippen molar-refractivity contribution in [2.45, 2.75) is 45.3 Å². The summed E-state index contributed by atoms with van der Waals surface area (Å²) < 4.78 is 5.57. The Bertz CT molecular complexity index is 175. The molecule has 0 saturated carbocycles. The number of nitrogens with two attached hydrogens (primary N) is 1. The summed E-state index contributed by atoms with van der Waals surface area (Å²) in [5.74, 6) is 0.615. The van der Waals surface area contributed by atoms with Gasteiger partial charge < -0.3 is 15.8 Å². The number of hydrogen-bond donors (Lipinski definition) is 2. The Balaban J connectivity index is 2.23. The van der Waals surface area contributed by atoms with Crippen molar-refractivity contribution in [2.75, 3.05) is 19.7 Å². The molecule has 0 bridgehead atoms. The van der Waals surface area contributed by atoms with Gasteiger partial charge in [0.1, 0.15) is 0 Å². The van der Waals surface area contributed by atoms with Crippen molar-refractivity contribution in [1.82, 2.24) is 5.32 Å². The van der Waals surface area contributed by atoms with E-state index < -0.39 is 0 Å². The Morgan fingerprint density at radius 1 is 1.64 bits per heavy atom. The molecule has 3 atom stereocenters. The lowest BCUT2D eigenvalue weighted by molar-refractivity contribution is 0.0883. The van der Waals surface area contributed by atoms with Crippen molar-refractivity contribution in [2.24, 2.45) is 11.7 Å². The van der Waals surface area contributed by atoms with E-state index in [9.17, 15) is 0 Å². The highest BCUT2D eigenvalue weighted by molar-refractivity contribution is 4.93. The molecule has 1 rings (SSSR count). The molecule has 1 heterocycles. The van der Waals surface area contributed by atoms with Gasteiger partial charge in [0.15, 0.2) is 0 Å². The van der Waals surface area contributed by atoms with Gasteiger partial charge in [-0.15, -0.1) is 0 Å². The average molecular weight is 200 g/mol. The Morgan fingerprint density at radius 3 is 2.86 bits per heavy atom. The molecule has 0 radical (unpaired) electrons. The Hall–Kier alpha value is -0.120. The number of ether oxygens (including phenoxy) is 1. The lowest BCUT2D eigenvalue weighted by Crippen LogP contribution is -2.48. The van der Waals surface area contributed by atoms with Crippen LogP contribution in [0.2, 0.25) is 0 Å². The van der Waals surface area contributed by atoms with Crippen LogP contribution in [-0.4, -0.2) is 31.3 Å². The van der Waals surface area contributed by atoms with Gasteiger partial charge in [-0.05, 0) is 45.7 Å². The third-order valence-electron chi connectivity index (χ3n) is 3.45. The van der Waals surface area contributed by atoms with Gasteiger partial charge in [-0.25, -0.2) is 0 Å². The minimum absolute atomic E-state index is 0.175. The molecular formula is C11H24N2O. The smallest absolute Gasteiger partial charge is 0.0726 e. The second-order valence-corrected chi connectivity index (χ2v) is 4.74. The van der Waals surface area contributed by atoms with E-state index in [4.69, 9.17) is 10.5 Å². The normalized spacial score (nSPS) is 34.7. The van der Waals surface area contributed by atoms with E-state index in [1.807, 2.05) is 0 Å². The van der Waals surface area contributed by atoms with E-state index in [0.717, 1.165) is 32.5 Å². The van der Waals surface area contributed by atoms with Crippen LogP contribution in [0.5, 0.6) is 0 Å². The fraction of sp³-hybridized carbons (Fsp3) is 1.00. The largest absolute Gasteiger partial charge is 0.377 e. The van der Waals surface area contributed by atoms with E-state index in [0.29, 0.717) is 12.0 Å². The summed E-state index contributed by atoms with van der Waals surface area (Å²) in [5.41, 5.74) is 5.75. The zero-order valence-electron chi connectivity index (χ0n) is 9.68. The van der Waals surface area contributed by atoms with Gasteiger partial charge in [0.2, 0.25) is 0 Å². The van der Waals surface area contributed by atoms with Gasteiger partial charge in [-0.3, -0.25) is 0 Å². The standard InChI is InChI=1S/C11H24N2O/c1-9(8-12)4-6-13-11(3)5-7-14-10(11)2/h9-10,13H,4-8,12H2,1-3H3. The SMILES string of the molecule is CC(CN)CCNC1(C)CCOC1C. The van der Waals surface area contributed by atoms with Crippen LogP contribution < -0.4 is 11.1 Å². The summed E-state index contributed by atoms with van der Waals surface area (Å²) in [6.07, 6.45) is 2.60. The predicted octanol–water partition coefficient (Wildman–Crippen LogP) is 1.13. The molecule has 1 saturated heterocycles. The zero-order valence-corrected chi connectivity index (χ0v) is 9.68. The van der Waals surface area contributed by atoms with Crippen LogP contribution >= 0.6 is 0 Å². The van der Waals surface area contributed by atoms with Crippen LogP contribution in [0, 0.1) is 5.92 Å². The Kier molecular flexibility index (Phi) is 4.35. The van der Waals surface area contributed by atoms with Gasteiger partial charge in [0.05, 0.1) is 6.10 Å². The maximum Gasteiger partial charge on any atom is 0.0726 e. The lowest BCUT2D eigenvalue weighted by atomic mass is 9.94. The molecule has 3 N–H and O–H groups in total. The van der Waals surface area contributed by atoms with Gasteiger partial charge >= 0.3 is 0 Å². The number of hydrogen-bond acceptors (Lipinski definition) is 3. The first-order valence-electron chi connectivity index (χ1n) is 5.65. The van der Waals surface area contributed by atoms with E-state index in [1.165, 1.54) is 0 Å². The summed E-state index contributed by atoms with van der Waals surface area (Å²) in [6, 6.07) is 0. The first kappa shape index (κ1) is 12.0. The van der Waals surface area contributed by atoms with Gasteiger partial charge in [0, 0.05) is 12.1 Å². The molecule has 84 valence electrons. The van der Waals surface area contributed by atoms with Crippen LogP contribution in [0.4, 0.5) is 0 Å². The maximum atomic E-state index is 5.57. The summed E-state index contributed by atoms with van der Waals surface area (Å²) in [6.45, 7) is 9.30. The molecule has 0 aromatic heterocycles. The highest BCUT2D eigenvalue weighted by Crippen LogP contribution is 2.24. The van der Waals surface area contributed by atoms with E-state index >= 15 is 0 Å². The monoisotopic (exact) mass is 200 g/mol. The molecule has 1 aliphatic heterocycles. The molecule has 0 aliphatic carbocycles. The van der Waals surface area contributed by atoms with Crippen molar-refractivity contribution < 1.29 is 4.74 Å². The third kappa shape index (κ3) is 2.94. The molecule has 1 aliphatic rings. The third-order valence-corrected chi connectivity index (χ3v) is 3.45. The van der Waals surface area contributed by atoms with Crippen LogP contribution in [0.15, 0.2) is 0 Å². The van der Waals surface area contributed by atoms with Crippen molar-refractivity contribution in [1.29, 1.82) is 0 Å². The second kappa shape index (κ2) is 5.10. The molecule has 3 unspecified atom stereocenters. The minimum Gasteiger partial charge on any atom is -0.377 e. The van der Waals surface area contributed by atoms with Crippen molar-refractivity contribution in [3.05, 3.63) is 0 Å². The molecular weight excluding hydrogens is 176 g/mol. The zero-order chi connectivity index (χ0) is 10.6.